The first-order valence-corrected chi connectivity index (χ1v) is 9.30. The smallest absolute Gasteiger partial charge is 0.238 e. The number of amides is 1. The lowest BCUT2D eigenvalue weighted by atomic mass is 10.2. The van der Waals surface area contributed by atoms with E-state index in [2.05, 4.69) is 15.0 Å². The van der Waals surface area contributed by atoms with Gasteiger partial charge in [-0.2, -0.15) is 0 Å². The second-order valence-electron chi connectivity index (χ2n) is 5.30. The van der Waals surface area contributed by atoms with E-state index >= 15 is 0 Å². The Bertz CT molecular complexity index is 780. The number of rotatable bonds is 7. The molecule has 2 rings (SSSR count). The van der Waals surface area contributed by atoms with Gasteiger partial charge in [-0.25, -0.2) is 13.1 Å². The van der Waals surface area contributed by atoms with Crippen LogP contribution in [0.3, 0.4) is 0 Å². The Morgan fingerprint density at radius 3 is 2.54 bits per heavy atom. The highest BCUT2D eigenvalue weighted by atomic mass is 35.5. The van der Waals surface area contributed by atoms with Crippen LogP contribution in [0, 0.1) is 0 Å². The monoisotopic (exact) mass is 367 g/mol. The highest BCUT2D eigenvalue weighted by Gasteiger charge is 2.20. The van der Waals surface area contributed by atoms with Gasteiger partial charge in [-0.15, -0.1) is 0 Å². The lowest BCUT2D eigenvalue weighted by Gasteiger charge is -2.14. The molecule has 1 aromatic heterocycles. The van der Waals surface area contributed by atoms with Crippen LogP contribution in [0.5, 0.6) is 0 Å². The summed E-state index contributed by atoms with van der Waals surface area (Å²) in [4.78, 5) is 16.0. The summed E-state index contributed by atoms with van der Waals surface area (Å²) in [6.07, 6.45) is 3.27. The van der Waals surface area contributed by atoms with Crippen molar-refractivity contribution in [1.82, 2.24) is 15.0 Å². The molecule has 1 atom stereocenters. The van der Waals surface area contributed by atoms with Crippen molar-refractivity contribution in [3.63, 3.8) is 0 Å². The van der Waals surface area contributed by atoms with E-state index in [1.54, 1.807) is 42.7 Å². The van der Waals surface area contributed by atoms with E-state index in [0.29, 0.717) is 10.6 Å². The van der Waals surface area contributed by atoms with Gasteiger partial charge in [0.15, 0.2) is 0 Å². The third-order valence-electron chi connectivity index (χ3n) is 3.21. The van der Waals surface area contributed by atoms with Crippen LogP contribution in [0.1, 0.15) is 18.1 Å². The Hall–Kier alpha value is -1.96. The number of hydrogen-bond acceptors (Lipinski definition) is 4. The van der Waals surface area contributed by atoms with E-state index in [1.807, 2.05) is 6.07 Å². The molecule has 0 unspecified atom stereocenters. The number of halogens is 1. The van der Waals surface area contributed by atoms with Crippen molar-refractivity contribution >= 4 is 27.5 Å². The summed E-state index contributed by atoms with van der Waals surface area (Å²) in [7, 11) is -3.64. The summed E-state index contributed by atoms with van der Waals surface area (Å²) in [6.45, 7) is 1.79. The maximum Gasteiger partial charge on any atom is 0.238 e. The second kappa shape index (κ2) is 8.23. The minimum atomic E-state index is -3.64. The minimum absolute atomic E-state index is 0.218. The number of hydrogen-bond donors (Lipinski definition) is 2. The lowest BCUT2D eigenvalue weighted by molar-refractivity contribution is -0.122. The average Bonchev–Trinajstić information content (AvgIpc) is 2.55. The molecule has 1 heterocycles. The van der Waals surface area contributed by atoms with Gasteiger partial charge in [-0.05, 0) is 36.2 Å². The molecule has 0 radical (unpaired) electrons. The molecule has 1 amide bonds. The van der Waals surface area contributed by atoms with Crippen molar-refractivity contribution in [2.45, 2.75) is 25.3 Å². The molecule has 2 aromatic rings. The van der Waals surface area contributed by atoms with Crippen molar-refractivity contribution < 1.29 is 13.2 Å². The molecule has 0 fully saturated rings. The maximum absolute atomic E-state index is 12.1. The van der Waals surface area contributed by atoms with Crippen molar-refractivity contribution in [3.8, 4) is 0 Å². The fraction of sp³-hybridized carbons (Fsp3) is 0.250. The predicted octanol–water partition coefficient (Wildman–Crippen LogP) is 1.86. The van der Waals surface area contributed by atoms with E-state index in [0.717, 1.165) is 5.56 Å². The summed E-state index contributed by atoms with van der Waals surface area (Å²) in [5.74, 6) is -0.622. The molecule has 0 bridgehead atoms. The van der Waals surface area contributed by atoms with E-state index in [4.69, 9.17) is 11.6 Å². The van der Waals surface area contributed by atoms with Gasteiger partial charge in [0.2, 0.25) is 15.9 Å². The number of carbonyl (C=O) groups excluding carboxylic acids is 1. The van der Waals surface area contributed by atoms with Crippen LogP contribution in [0.2, 0.25) is 5.02 Å². The first-order chi connectivity index (χ1) is 11.4. The van der Waals surface area contributed by atoms with Crippen LogP contribution in [0.4, 0.5) is 0 Å². The molecule has 6 nitrogen and oxygen atoms in total. The average molecular weight is 368 g/mol. The van der Waals surface area contributed by atoms with Crippen molar-refractivity contribution in [2.75, 3.05) is 0 Å². The molecule has 2 N–H and O–H groups in total. The summed E-state index contributed by atoms with van der Waals surface area (Å²) >= 11 is 5.77. The largest absolute Gasteiger partial charge is 0.351 e. The normalized spacial score (nSPS) is 12.6. The number of nitrogens with zero attached hydrogens (tertiary/aromatic N) is 1. The fourth-order valence-electron chi connectivity index (χ4n) is 2.01. The molecule has 0 spiro atoms. The molecule has 0 aliphatic heterocycles. The maximum atomic E-state index is 12.1. The van der Waals surface area contributed by atoms with Crippen LogP contribution in [-0.4, -0.2) is 25.4 Å². The van der Waals surface area contributed by atoms with E-state index in [9.17, 15) is 13.2 Å². The van der Waals surface area contributed by atoms with Crippen LogP contribution < -0.4 is 10.0 Å². The molecule has 24 heavy (non-hydrogen) atoms. The zero-order chi connectivity index (χ0) is 17.6. The predicted molar refractivity (Wildman–Crippen MR) is 92.8 cm³/mol. The van der Waals surface area contributed by atoms with Crippen LogP contribution in [-0.2, 0) is 27.1 Å². The van der Waals surface area contributed by atoms with Gasteiger partial charge in [0, 0.05) is 24.0 Å². The van der Waals surface area contributed by atoms with Gasteiger partial charge in [0.1, 0.15) is 0 Å². The first kappa shape index (κ1) is 18.4. The zero-order valence-corrected chi connectivity index (χ0v) is 14.6. The van der Waals surface area contributed by atoms with E-state index in [-0.39, 0.29) is 12.3 Å². The lowest BCUT2D eigenvalue weighted by Crippen LogP contribution is -2.44. The number of nitrogens with one attached hydrogen (secondary N) is 2. The SMILES string of the molecule is C[C@@H](NS(=O)(=O)Cc1ccc(Cl)cc1)C(=O)NCc1cccnc1. The quantitative estimate of drug-likeness (QED) is 0.781. The molecule has 1 aromatic carbocycles. The number of pyridine rings is 1. The molecular formula is C16H18ClN3O3S. The Morgan fingerprint density at radius 2 is 1.92 bits per heavy atom. The second-order valence-corrected chi connectivity index (χ2v) is 7.49. The van der Waals surface area contributed by atoms with Gasteiger partial charge in [0.05, 0.1) is 11.8 Å². The molecule has 0 saturated heterocycles. The van der Waals surface area contributed by atoms with Gasteiger partial charge < -0.3 is 5.32 Å². The Morgan fingerprint density at radius 1 is 1.21 bits per heavy atom. The number of carbonyl (C=O) groups is 1. The van der Waals surface area contributed by atoms with Gasteiger partial charge in [0.25, 0.3) is 0 Å². The summed E-state index contributed by atoms with van der Waals surface area (Å²) in [5.41, 5.74) is 1.43. The summed E-state index contributed by atoms with van der Waals surface area (Å²) < 4.78 is 26.6. The molecule has 0 aliphatic rings. The van der Waals surface area contributed by atoms with Crippen LogP contribution in [0.15, 0.2) is 48.8 Å². The summed E-state index contributed by atoms with van der Waals surface area (Å²) in [6, 6.07) is 9.22. The number of benzene rings is 1. The van der Waals surface area contributed by atoms with Crippen molar-refractivity contribution in [2.24, 2.45) is 0 Å². The first-order valence-electron chi connectivity index (χ1n) is 7.27. The van der Waals surface area contributed by atoms with Gasteiger partial charge in [-0.1, -0.05) is 29.8 Å². The molecular weight excluding hydrogens is 350 g/mol. The number of sulfonamides is 1. The van der Waals surface area contributed by atoms with E-state index in [1.165, 1.54) is 6.92 Å². The third-order valence-corrected chi connectivity index (χ3v) is 4.89. The van der Waals surface area contributed by atoms with Crippen LogP contribution >= 0.6 is 11.6 Å². The summed E-state index contributed by atoms with van der Waals surface area (Å²) in [5, 5.41) is 3.20. The van der Waals surface area contributed by atoms with E-state index < -0.39 is 22.0 Å². The highest BCUT2D eigenvalue weighted by Crippen LogP contribution is 2.11. The van der Waals surface area contributed by atoms with Gasteiger partial charge in [-0.3, -0.25) is 9.78 Å². The molecule has 0 saturated carbocycles. The molecule has 128 valence electrons. The standard InChI is InChI=1S/C16H18ClN3O3S/c1-12(16(21)19-10-14-3-2-8-18-9-14)20-24(22,23)11-13-4-6-15(17)7-5-13/h2-9,12,20H,10-11H2,1H3,(H,19,21)/t12-/m1/s1. The fourth-order valence-corrected chi connectivity index (χ4v) is 3.50. The van der Waals surface area contributed by atoms with Crippen LogP contribution in [0.25, 0.3) is 0 Å². The topological polar surface area (TPSA) is 88.2 Å². The highest BCUT2D eigenvalue weighted by molar-refractivity contribution is 7.88. The Balaban J connectivity index is 1.88. The Labute approximate surface area is 146 Å². The molecule has 8 heteroatoms. The number of aromatic nitrogens is 1. The zero-order valence-electron chi connectivity index (χ0n) is 13.1. The van der Waals surface area contributed by atoms with Crippen molar-refractivity contribution in [1.29, 1.82) is 0 Å². The minimum Gasteiger partial charge on any atom is -0.351 e. The Kier molecular flexibility index (Phi) is 6.30. The molecule has 0 aliphatic carbocycles. The van der Waals surface area contributed by atoms with Gasteiger partial charge >= 0.3 is 0 Å². The van der Waals surface area contributed by atoms with Crippen molar-refractivity contribution in [3.05, 3.63) is 64.9 Å². The third kappa shape index (κ3) is 5.92.